The van der Waals surface area contributed by atoms with Gasteiger partial charge in [0.2, 0.25) is 10.0 Å². The van der Waals surface area contributed by atoms with E-state index in [0.29, 0.717) is 0 Å². The first-order valence-electron chi connectivity index (χ1n) is 4.71. The second-order valence-electron chi connectivity index (χ2n) is 3.46. The maximum Gasteiger partial charge on any atom is 0.240 e. The van der Waals surface area contributed by atoms with Crippen LogP contribution in [0.3, 0.4) is 0 Å². The Morgan fingerprint density at radius 1 is 1.59 bits per heavy atom. The van der Waals surface area contributed by atoms with E-state index < -0.39 is 21.9 Å². The molecule has 0 aliphatic carbocycles. The van der Waals surface area contributed by atoms with Crippen LogP contribution in [0.25, 0.3) is 0 Å². The molecule has 1 rings (SSSR count). The molecule has 17 heavy (non-hydrogen) atoms. The van der Waals surface area contributed by atoms with Gasteiger partial charge in [-0.1, -0.05) is 0 Å². The van der Waals surface area contributed by atoms with Crippen LogP contribution in [0.2, 0.25) is 0 Å². The molecule has 0 spiro atoms. The van der Waals surface area contributed by atoms with E-state index in [0.717, 1.165) is 6.07 Å². The largest absolute Gasteiger partial charge is 0.240 e. The molecule has 4 nitrogen and oxygen atoms in total. The molecule has 0 fully saturated rings. The molecule has 0 heterocycles. The van der Waals surface area contributed by atoms with Gasteiger partial charge in [0.05, 0.1) is 21.9 Å². The van der Waals surface area contributed by atoms with Gasteiger partial charge in [0, 0.05) is 6.04 Å². The minimum Gasteiger partial charge on any atom is -0.207 e. The van der Waals surface area contributed by atoms with Gasteiger partial charge in [-0.25, -0.2) is 17.5 Å². The Kier molecular flexibility index (Phi) is 4.62. The van der Waals surface area contributed by atoms with E-state index in [9.17, 15) is 12.8 Å². The van der Waals surface area contributed by atoms with Gasteiger partial charge in [-0.3, -0.25) is 0 Å². The lowest BCUT2D eigenvalue weighted by Crippen LogP contribution is -2.32. The van der Waals surface area contributed by atoms with Gasteiger partial charge >= 0.3 is 0 Å². The first-order chi connectivity index (χ1) is 7.86. The summed E-state index contributed by atoms with van der Waals surface area (Å²) in [7, 11) is -3.78. The molecule has 1 unspecified atom stereocenters. The third-order valence-electron chi connectivity index (χ3n) is 1.96. The molecule has 1 atom stereocenters. The summed E-state index contributed by atoms with van der Waals surface area (Å²) in [5.74, 6) is -0.652. The number of hydrogen-bond donors (Lipinski definition) is 1. The standard InChI is InChI=1S/C10H10BrFN2O2S/c1-7(4-5-13)14-17(15,16)8-2-3-9(11)10(12)6-8/h2-3,6-7,14H,4H2,1H3. The van der Waals surface area contributed by atoms with E-state index in [1.165, 1.54) is 12.1 Å². The number of nitrogens with zero attached hydrogens (tertiary/aromatic N) is 1. The highest BCUT2D eigenvalue weighted by atomic mass is 79.9. The molecule has 0 aliphatic heterocycles. The van der Waals surface area contributed by atoms with Crippen LogP contribution in [0.15, 0.2) is 27.6 Å². The van der Waals surface area contributed by atoms with Crippen LogP contribution in [0.1, 0.15) is 13.3 Å². The zero-order chi connectivity index (χ0) is 13.1. The smallest absolute Gasteiger partial charge is 0.207 e. The number of sulfonamides is 1. The van der Waals surface area contributed by atoms with Crippen molar-refractivity contribution in [2.45, 2.75) is 24.3 Å². The third kappa shape index (κ3) is 3.77. The number of hydrogen-bond acceptors (Lipinski definition) is 3. The van der Waals surface area contributed by atoms with Gasteiger partial charge in [-0.15, -0.1) is 0 Å². The van der Waals surface area contributed by atoms with E-state index in [4.69, 9.17) is 5.26 Å². The van der Waals surface area contributed by atoms with Crippen molar-refractivity contribution in [3.63, 3.8) is 0 Å². The van der Waals surface area contributed by atoms with Gasteiger partial charge in [-0.2, -0.15) is 5.26 Å². The van der Waals surface area contributed by atoms with Crippen molar-refractivity contribution in [2.75, 3.05) is 0 Å². The minimum atomic E-state index is -3.78. The van der Waals surface area contributed by atoms with Crippen molar-refractivity contribution in [1.29, 1.82) is 5.26 Å². The minimum absolute atomic E-state index is 0.0538. The number of halogens is 2. The molecule has 1 N–H and O–H groups in total. The number of nitriles is 1. The summed E-state index contributed by atoms with van der Waals surface area (Å²) in [4.78, 5) is -0.164. The average Bonchev–Trinajstić information content (AvgIpc) is 2.21. The highest BCUT2D eigenvalue weighted by Gasteiger charge is 2.18. The maximum absolute atomic E-state index is 13.2. The number of nitrogens with one attached hydrogen (secondary N) is 1. The van der Waals surface area contributed by atoms with E-state index in [1.807, 2.05) is 6.07 Å². The van der Waals surface area contributed by atoms with Gasteiger partial charge in [0.1, 0.15) is 5.82 Å². The molecule has 0 bridgehead atoms. The van der Waals surface area contributed by atoms with Crippen LogP contribution in [0.5, 0.6) is 0 Å². The van der Waals surface area contributed by atoms with Crippen LogP contribution in [-0.4, -0.2) is 14.5 Å². The molecule has 0 radical (unpaired) electrons. The summed E-state index contributed by atoms with van der Waals surface area (Å²) < 4.78 is 39.2. The van der Waals surface area contributed by atoms with Crippen LogP contribution in [0.4, 0.5) is 4.39 Å². The third-order valence-corrected chi connectivity index (χ3v) is 4.19. The first kappa shape index (κ1) is 14.1. The number of benzene rings is 1. The topological polar surface area (TPSA) is 70.0 Å². The summed E-state index contributed by atoms with van der Waals surface area (Å²) >= 11 is 2.94. The highest BCUT2D eigenvalue weighted by Crippen LogP contribution is 2.19. The predicted molar refractivity (Wildman–Crippen MR) is 64.1 cm³/mol. The Balaban J connectivity index is 2.98. The Morgan fingerprint density at radius 2 is 2.24 bits per heavy atom. The molecular formula is C10H10BrFN2O2S. The fourth-order valence-electron chi connectivity index (χ4n) is 1.16. The molecule has 0 aliphatic rings. The second kappa shape index (κ2) is 5.58. The molecule has 0 saturated heterocycles. The summed E-state index contributed by atoms with van der Waals surface area (Å²) in [6.07, 6.45) is 0.0538. The molecule has 0 amide bonds. The summed E-state index contributed by atoms with van der Waals surface area (Å²) in [6.45, 7) is 1.57. The molecule has 7 heteroatoms. The predicted octanol–water partition coefficient (Wildman–Crippen LogP) is 2.17. The lowest BCUT2D eigenvalue weighted by atomic mass is 10.3. The van der Waals surface area contributed by atoms with E-state index in [1.54, 1.807) is 6.92 Å². The fourth-order valence-corrected chi connectivity index (χ4v) is 2.66. The Bertz CT molecular complexity index is 554. The Labute approximate surface area is 108 Å². The van der Waals surface area contributed by atoms with Crippen LogP contribution >= 0.6 is 15.9 Å². The average molecular weight is 321 g/mol. The van der Waals surface area contributed by atoms with Crippen molar-refractivity contribution in [3.05, 3.63) is 28.5 Å². The maximum atomic E-state index is 13.2. The quantitative estimate of drug-likeness (QED) is 0.924. The van der Waals surface area contributed by atoms with Crippen molar-refractivity contribution < 1.29 is 12.8 Å². The summed E-state index contributed by atoms with van der Waals surface area (Å²) in [5, 5.41) is 8.43. The van der Waals surface area contributed by atoms with Crippen molar-refractivity contribution in [2.24, 2.45) is 0 Å². The van der Waals surface area contributed by atoms with Crippen LogP contribution < -0.4 is 4.72 Å². The van der Waals surface area contributed by atoms with E-state index in [2.05, 4.69) is 20.7 Å². The lowest BCUT2D eigenvalue weighted by molar-refractivity contribution is 0.560. The second-order valence-corrected chi connectivity index (χ2v) is 6.03. The number of rotatable bonds is 4. The molecule has 0 saturated carbocycles. The van der Waals surface area contributed by atoms with Crippen molar-refractivity contribution in [1.82, 2.24) is 4.72 Å². The van der Waals surface area contributed by atoms with Crippen LogP contribution in [0, 0.1) is 17.1 Å². The lowest BCUT2D eigenvalue weighted by Gasteiger charge is -2.11. The van der Waals surface area contributed by atoms with Gasteiger partial charge < -0.3 is 0 Å². The zero-order valence-corrected chi connectivity index (χ0v) is 11.3. The molecule has 0 aromatic heterocycles. The Hall–Kier alpha value is -0.970. The molecule has 92 valence electrons. The first-order valence-corrected chi connectivity index (χ1v) is 6.99. The highest BCUT2D eigenvalue weighted by molar-refractivity contribution is 9.10. The van der Waals surface area contributed by atoms with E-state index >= 15 is 0 Å². The van der Waals surface area contributed by atoms with Crippen molar-refractivity contribution in [3.8, 4) is 6.07 Å². The van der Waals surface area contributed by atoms with Gasteiger partial charge in [0.25, 0.3) is 0 Å². The summed E-state index contributed by atoms with van der Waals surface area (Å²) in [6, 6.07) is 4.86. The normalized spacial score (nSPS) is 13.1. The van der Waals surface area contributed by atoms with Crippen molar-refractivity contribution >= 4 is 26.0 Å². The fraction of sp³-hybridized carbons (Fsp3) is 0.300. The Morgan fingerprint density at radius 3 is 2.76 bits per heavy atom. The monoisotopic (exact) mass is 320 g/mol. The van der Waals surface area contributed by atoms with Gasteiger partial charge in [0.15, 0.2) is 0 Å². The summed E-state index contributed by atoms with van der Waals surface area (Å²) in [5.41, 5.74) is 0. The van der Waals surface area contributed by atoms with E-state index in [-0.39, 0.29) is 15.8 Å². The SMILES string of the molecule is CC(CC#N)NS(=O)(=O)c1ccc(Br)c(F)c1. The van der Waals surface area contributed by atoms with Crippen LogP contribution in [-0.2, 0) is 10.0 Å². The zero-order valence-electron chi connectivity index (χ0n) is 8.94. The molecular weight excluding hydrogens is 311 g/mol. The molecule has 1 aromatic carbocycles. The molecule has 1 aromatic rings. The van der Waals surface area contributed by atoms with Gasteiger partial charge in [-0.05, 0) is 41.1 Å².